The maximum atomic E-state index is 13.8. The van der Waals surface area contributed by atoms with Crippen molar-refractivity contribution in [3.05, 3.63) is 53.1 Å². The number of halogens is 4. The molecular formula is C23H28F4N4O5S. The van der Waals surface area contributed by atoms with Crippen LogP contribution in [0.4, 0.5) is 17.6 Å². The van der Waals surface area contributed by atoms with Crippen LogP contribution in [0, 0.1) is 6.92 Å². The fourth-order valence-electron chi connectivity index (χ4n) is 3.61. The molecule has 3 rings (SSSR count). The molecule has 1 saturated heterocycles. The molecule has 14 heteroatoms. The number of hydrogen-bond acceptors (Lipinski definition) is 7. The Morgan fingerprint density at radius 3 is 2.57 bits per heavy atom. The number of amides is 1. The maximum absolute atomic E-state index is 13.8. The molecule has 0 unspecified atom stereocenters. The molecule has 9 nitrogen and oxygen atoms in total. The Hall–Kier alpha value is -3.29. The summed E-state index contributed by atoms with van der Waals surface area (Å²) in [6.07, 6.45) is -2.02. The van der Waals surface area contributed by atoms with Gasteiger partial charge in [-0.25, -0.2) is 17.3 Å². The van der Waals surface area contributed by atoms with Gasteiger partial charge in [0.25, 0.3) is 5.91 Å². The number of hydrogen-bond donors (Lipinski definition) is 2. The van der Waals surface area contributed by atoms with Crippen molar-refractivity contribution in [1.29, 1.82) is 0 Å². The molecule has 204 valence electrons. The van der Waals surface area contributed by atoms with Crippen LogP contribution in [0.15, 0.2) is 41.9 Å². The Morgan fingerprint density at radius 1 is 1.32 bits per heavy atom. The molecule has 1 aliphatic heterocycles. The summed E-state index contributed by atoms with van der Waals surface area (Å²) in [7, 11) is -3.11. The van der Waals surface area contributed by atoms with E-state index in [4.69, 9.17) is 10.5 Å². The number of rotatable bonds is 8. The fourth-order valence-corrected chi connectivity index (χ4v) is 5.33. The van der Waals surface area contributed by atoms with Gasteiger partial charge in [0.05, 0.1) is 17.0 Å². The average Bonchev–Trinajstić information content (AvgIpc) is 3.25. The predicted molar refractivity (Wildman–Crippen MR) is 127 cm³/mol. The smallest absolute Gasteiger partial charge is 0.422 e. The molecule has 0 bridgehead atoms. The van der Waals surface area contributed by atoms with E-state index in [1.807, 2.05) is 0 Å². The molecule has 1 aliphatic rings. The second-order valence-corrected chi connectivity index (χ2v) is 11.3. The molecule has 37 heavy (non-hydrogen) atoms. The van der Waals surface area contributed by atoms with E-state index in [0.29, 0.717) is 11.1 Å². The number of carbonyl (C=O) groups excluding carboxylic acids is 1. The molecule has 3 heterocycles. The summed E-state index contributed by atoms with van der Waals surface area (Å²) in [6, 6.07) is 2.91. The van der Waals surface area contributed by atoms with Crippen molar-refractivity contribution in [3.8, 4) is 5.75 Å². The minimum absolute atomic E-state index is 0.0181. The number of nitrogens with one attached hydrogen (secondary N) is 1. The standard InChI is InChI=1S/C23H28F4N4O5S/c1-4-15(24)11-19(35-13-23(25,26)27)20(28)36-18-5-8-31-17(14(18)2)12-16(30-31)21(32)29-22(3)6-9-37(33,34)10-7-22/h5,8,11-12H,4,6-7,9-10,13,28H2,1-3H3,(H,29,32)/b15-11+,20-19-. The highest BCUT2D eigenvalue weighted by atomic mass is 32.2. The molecule has 0 atom stereocenters. The molecule has 3 N–H and O–H groups in total. The zero-order valence-corrected chi connectivity index (χ0v) is 21.3. The third-order valence-electron chi connectivity index (χ3n) is 5.91. The second kappa shape index (κ2) is 10.6. The number of aryl methyl sites for hydroxylation is 1. The Kier molecular flexibility index (Phi) is 8.10. The van der Waals surface area contributed by atoms with Gasteiger partial charge in [0.1, 0.15) is 21.4 Å². The highest BCUT2D eigenvalue weighted by Crippen LogP contribution is 2.27. The zero-order valence-electron chi connectivity index (χ0n) is 20.5. The molecule has 1 amide bonds. The SMILES string of the molecule is CC/C(F)=C\C(OCC(F)(F)F)=C(/N)Oc1ccn2nc(C(=O)NC3(C)CCS(=O)(=O)CC3)cc2c1C. The van der Waals surface area contributed by atoms with E-state index < -0.39 is 51.5 Å². The first-order chi connectivity index (χ1) is 17.1. The van der Waals surface area contributed by atoms with Crippen LogP contribution in [0.1, 0.15) is 49.2 Å². The summed E-state index contributed by atoms with van der Waals surface area (Å²) in [6.45, 7) is 3.17. The van der Waals surface area contributed by atoms with Crippen LogP contribution in [0.3, 0.4) is 0 Å². The van der Waals surface area contributed by atoms with Gasteiger partial charge < -0.3 is 20.5 Å². The third kappa shape index (κ3) is 7.37. The molecule has 0 aliphatic carbocycles. The highest BCUT2D eigenvalue weighted by molar-refractivity contribution is 7.91. The Bertz CT molecular complexity index is 1330. The van der Waals surface area contributed by atoms with Gasteiger partial charge in [-0.15, -0.1) is 0 Å². The van der Waals surface area contributed by atoms with Crippen molar-refractivity contribution in [2.24, 2.45) is 5.73 Å². The van der Waals surface area contributed by atoms with Crippen molar-refractivity contribution >= 4 is 21.3 Å². The molecule has 2 aromatic rings. The van der Waals surface area contributed by atoms with Gasteiger partial charge in [0.2, 0.25) is 5.88 Å². The van der Waals surface area contributed by atoms with Crippen molar-refractivity contribution < 1.29 is 40.2 Å². The lowest BCUT2D eigenvalue weighted by Gasteiger charge is -2.34. The monoisotopic (exact) mass is 548 g/mol. The Labute approximate surface area is 211 Å². The van der Waals surface area contributed by atoms with Gasteiger partial charge in [-0.3, -0.25) is 4.79 Å². The first-order valence-corrected chi connectivity index (χ1v) is 13.2. The molecule has 0 saturated carbocycles. The number of fused-ring (bicyclic) bond motifs is 1. The number of nitrogens with two attached hydrogens (primary N) is 1. The summed E-state index contributed by atoms with van der Waals surface area (Å²) in [4.78, 5) is 12.9. The van der Waals surface area contributed by atoms with Gasteiger partial charge in [-0.2, -0.15) is 18.3 Å². The summed E-state index contributed by atoms with van der Waals surface area (Å²) in [5.41, 5.74) is 6.07. The van der Waals surface area contributed by atoms with Crippen LogP contribution in [-0.4, -0.2) is 53.8 Å². The lowest BCUT2D eigenvalue weighted by atomic mass is 9.94. The van der Waals surface area contributed by atoms with Crippen LogP contribution in [-0.2, 0) is 14.6 Å². The largest absolute Gasteiger partial charge is 0.478 e. The van der Waals surface area contributed by atoms with Gasteiger partial charge >= 0.3 is 6.18 Å². The molecule has 1 fully saturated rings. The van der Waals surface area contributed by atoms with Crippen molar-refractivity contribution in [1.82, 2.24) is 14.9 Å². The second-order valence-electron chi connectivity index (χ2n) is 9.01. The number of aromatic nitrogens is 2. The maximum Gasteiger partial charge on any atom is 0.422 e. The summed E-state index contributed by atoms with van der Waals surface area (Å²) in [5, 5.41) is 7.09. The average molecular weight is 549 g/mol. The summed E-state index contributed by atoms with van der Waals surface area (Å²) < 4.78 is 86.6. The minimum Gasteiger partial charge on any atom is -0.478 e. The number of ether oxygens (including phenoxy) is 2. The van der Waals surface area contributed by atoms with Crippen molar-refractivity contribution in [2.45, 2.75) is 51.7 Å². The third-order valence-corrected chi connectivity index (χ3v) is 7.57. The highest BCUT2D eigenvalue weighted by Gasteiger charge is 2.35. The van der Waals surface area contributed by atoms with Crippen molar-refractivity contribution in [2.75, 3.05) is 18.1 Å². The molecular weight excluding hydrogens is 520 g/mol. The number of nitrogens with zero attached hydrogens (tertiary/aromatic N) is 2. The van der Waals surface area contributed by atoms with Crippen LogP contribution in [0.5, 0.6) is 5.75 Å². The number of carbonyl (C=O) groups is 1. The minimum atomic E-state index is -4.67. The summed E-state index contributed by atoms with van der Waals surface area (Å²) in [5.74, 6) is -2.36. The molecule has 0 aromatic carbocycles. The topological polar surface area (TPSA) is 125 Å². The first kappa shape index (κ1) is 28.3. The Balaban J connectivity index is 1.84. The van der Waals surface area contributed by atoms with Crippen LogP contribution in [0.25, 0.3) is 5.52 Å². The lowest BCUT2D eigenvalue weighted by molar-refractivity contribution is -0.164. The number of allylic oxidation sites excluding steroid dienone is 2. The van der Waals surface area contributed by atoms with Crippen LogP contribution >= 0.6 is 0 Å². The van der Waals surface area contributed by atoms with E-state index >= 15 is 0 Å². The number of alkyl halides is 3. The van der Waals surface area contributed by atoms with Crippen LogP contribution in [0.2, 0.25) is 0 Å². The normalized spacial score (nSPS) is 18.3. The van der Waals surface area contributed by atoms with E-state index in [-0.39, 0.29) is 42.2 Å². The van der Waals surface area contributed by atoms with Gasteiger partial charge in [0.15, 0.2) is 18.1 Å². The van der Waals surface area contributed by atoms with Crippen LogP contribution < -0.4 is 15.8 Å². The Morgan fingerprint density at radius 2 is 1.97 bits per heavy atom. The van der Waals surface area contributed by atoms with Gasteiger partial charge in [-0.1, -0.05) is 6.92 Å². The van der Waals surface area contributed by atoms with E-state index in [0.717, 1.165) is 6.08 Å². The first-order valence-electron chi connectivity index (χ1n) is 11.4. The van der Waals surface area contributed by atoms with E-state index in [2.05, 4.69) is 15.2 Å². The number of pyridine rings is 1. The predicted octanol–water partition coefficient (Wildman–Crippen LogP) is 3.69. The zero-order chi connectivity index (χ0) is 27.6. The molecule has 0 spiro atoms. The van der Waals surface area contributed by atoms with Crippen molar-refractivity contribution in [3.63, 3.8) is 0 Å². The van der Waals surface area contributed by atoms with E-state index in [1.165, 1.54) is 29.8 Å². The van der Waals surface area contributed by atoms with Gasteiger partial charge in [-0.05, 0) is 45.2 Å². The van der Waals surface area contributed by atoms with E-state index in [1.54, 1.807) is 13.8 Å². The quantitative estimate of drug-likeness (QED) is 0.293. The fraction of sp³-hybridized carbons (Fsp3) is 0.478. The lowest BCUT2D eigenvalue weighted by Crippen LogP contribution is -2.51. The van der Waals surface area contributed by atoms with Gasteiger partial charge in [0, 0.05) is 23.4 Å². The summed E-state index contributed by atoms with van der Waals surface area (Å²) >= 11 is 0. The molecule has 2 aromatic heterocycles. The number of sulfone groups is 1. The molecule has 0 radical (unpaired) electrons. The van der Waals surface area contributed by atoms with E-state index in [9.17, 15) is 30.8 Å².